The van der Waals surface area contributed by atoms with Crippen LogP contribution in [0.3, 0.4) is 0 Å². The monoisotopic (exact) mass is 317 g/mol. The highest BCUT2D eigenvalue weighted by atomic mass is 79.9. The van der Waals surface area contributed by atoms with Gasteiger partial charge in [0.1, 0.15) is 0 Å². The Bertz CT molecular complexity index is 341. The minimum Gasteiger partial charge on any atom is -0.382 e. The average Bonchev–Trinajstić information content (AvgIpc) is 2.70. The van der Waals surface area contributed by atoms with E-state index in [4.69, 9.17) is 4.74 Å². The molecule has 5 heteroatoms. The van der Waals surface area contributed by atoms with Crippen molar-refractivity contribution in [2.45, 2.75) is 46.2 Å². The summed E-state index contributed by atoms with van der Waals surface area (Å²) >= 11 is 3.60. The van der Waals surface area contributed by atoms with Gasteiger partial charge in [0.15, 0.2) is 0 Å². The third-order valence-corrected chi connectivity index (χ3v) is 3.42. The number of rotatable bonds is 9. The van der Waals surface area contributed by atoms with Crippen molar-refractivity contribution >= 4 is 15.9 Å². The number of aromatic nitrogens is 2. The molecule has 0 fully saturated rings. The zero-order valence-corrected chi connectivity index (χ0v) is 13.2. The van der Waals surface area contributed by atoms with Gasteiger partial charge in [-0.3, -0.25) is 4.68 Å². The van der Waals surface area contributed by atoms with Crippen LogP contribution >= 0.6 is 15.9 Å². The van der Waals surface area contributed by atoms with Crippen LogP contribution in [0.25, 0.3) is 0 Å². The highest BCUT2D eigenvalue weighted by Crippen LogP contribution is 2.26. The molecule has 18 heavy (non-hydrogen) atoms. The molecule has 1 aromatic rings. The van der Waals surface area contributed by atoms with E-state index in [9.17, 15) is 0 Å². The molecular weight excluding hydrogens is 294 g/mol. The number of ether oxygens (including phenoxy) is 1. The molecule has 0 saturated carbocycles. The van der Waals surface area contributed by atoms with Crippen LogP contribution in [0.4, 0.5) is 0 Å². The van der Waals surface area contributed by atoms with Crippen LogP contribution in [0, 0.1) is 0 Å². The van der Waals surface area contributed by atoms with E-state index in [2.05, 4.69) is 44.9 Å². The van der Waals surface area contributed by atoms with Crippen molar-refractivity contribution in [1.82, 2.24) is 15.1 Å². The molecular formula is C13H24BrN3O. The highest BCUT2D eigenvalue weighted by Gasteiger charge is 2.18. The first-order valence-electron chi connectivity index (χ1n) is 6.76. The van der Waals surface area contributed by atoms with E-state index in [1.807, 2.05) is 13.1 Å². The lowest BCUT2D eigenvalue weighted by Crippen LogP contribution is -2.25. The predicted octanol–water partition coefficient (Wildman–Crippen LogP) is 3.13. The SMILES string of the molecule is CCCn1ncc(Br)c1C(CCOCC)NCC. The molecule has 0 radical (unpaired) electrons. The van der Waals surface area contributed by atoms with E-state index >= 15 is 0 Å². The van der Waals surface area contributed by atoms with Gasteiger partial charge in [-0.2, -0.15) is 5.10 Å². The molecule has 1 atom stereocenters. The molecule has 0 amide bonds. The topological polar surface area (TPSA) is 39.1 Å². The number of halogens is 1. The van der Waals surface area contributed by atoms with Crippen molar-refractivity contribution in [2.75, 3.05) is 19.8 Å². The summed E-state index contributed by atoms with van der Waals surface area (Å²) < 4.78 is 8.63. The molecule has 0 saturated heterocycles. The van der Waals surface area contributed by atoms with Crippen LogP contribution in [0.15, 0.2) is 10.7 Å². The molecule has 1 heterocycles. The maximum atomic E-state index is 5.46. The highest BCUT2D eigenvalue weighted by molar-refractivity contribution is 9.10. The smallest absolute Gasteiger partial charge is 0.0696 e. The molecule has 0 bridgehead atoms. The molecule has 1 N–H and O–H groups in total. The van der Waals surface area contributed by atoms with Gasteiger partial charge in [-0.05, 0) is 42.2 Å². The second-order valence-electron chi connectivity index (χ2n) is 4.20. The van der Waals surface area contributed by atoms with E-state index in [0.717, 1.165) is 43.6 Å². The van der Waals surface area contributed by atoms with Crippen LogP contribution in [0.1, 0.15) is 45.3 Å². The zero-order valence-electron chi connectivity index (χ0n) is 11.6. The van der Waals surface area contributed by atoms with E-state index < -0.39 is 0 Å². The predicted molar refractivity (Wildman–Crippen MR) is 77.7 cm³/mol. The van der Waals surface area contributed by atoms with Crippen LogP contribution in [0.2, 0.25) is 0 Å². The standard InChI is InChI=1S/C13H24BrN3O/c1-4-8-17-13(11(14)10-16-17)12(15-5-2)7-9-18-6-3/h10,12,15H,4-9H2,1-3H3. The summed E-state index contributed by atoms with van der Waals surface area (Å²) in [6, 6.07) is 0.296. The van der Waals surface area contributed by atoms with Gasteiger partial charge in [0.05, 0.1) is 22.4 Å². The van der Waals surface area contributed by atoms with E-state index in [1.165, 1.54) is 5.69 Å². The van der Waals surface area contributed by atoms with Crippen molar-refractivity contribution in [3.63, 3.8) is 0 Å². The number of hydrogen-bond donors (Lipinski definition) is 1. The van der Waals surface area contributed by atoms with Crippen molar-refractivity contribution in [2.24, 2.45) is 0 Å². The minimum atomic E-state index is 0.296. The van der Waals surface area contributed by atoms with Gasteiger partial charge in [-0.1, -0.05) is 13.8 Å². The van der Waals surface area contributed by atoms with Gasteiger partial charge in [-0.25, -0.2) is 0 Å². The first-order chi connectivity index (χ1) is 8.74. The molecule has 1 rings (SSSR count). The summed E-state index contributed by atoms with van der Waals surface area (Å²) in [6.45, 7) is 9.77. The van der Waals surface area contributed by atoms with Crippen LogP contribution < -0.4 is 5.32 Å². The van der Waals surface area contributed by atoms with Crippen molar-refractivity contribution in [1.29, 1.82) is 0 Å². The summed E-state index contributed by atoms with van der Waals surface area (Å²) in [7, 11) is 0. The number of nitrogens with one attached hydrogen (secondary N) is 1. The fraction of sp³-hybridized carbons (Fsp3) is 0.769. The van der Waals surface area contributed by atoms with E-state index in [0.29, 0.717) is 6.04 Å². The molecule has 0 aliphatic rings. The Kier molecular flexibility index (Phi) is 7.54. The van der Waals surface area contributed by atoms with Crippen molar-refractivity contribution in [3.05, 3.63) is 16.4 Å². The van der Waals surface area contributed by atoms with E-state index in [-0.39, 0.29) is 0 Å². The summed E-state index contributed by atoms with van der Waals surface area (Å²) in [5, 5.41) is 7.94. The first-order valence-corrected chi connectivity index (χ1v) is 7.56. The number of nitrogens with zero attached hydrogens (tertiary/aromatic N) is 2. The molecule has 0 aliphatic carbocycles. The molecule has 1 unspecified atom stereocenters. The molecule has 1 aromatic heterocycles. The lowest BCUT2D eigenvalue weighted by atomic mass is 10.1. The summed E-state index contributed by atoms with van der Waals surface area (Å²) in [5.74, 6) is 0. The average molecular weight is 318 g/mol. The molecule has 0 aliphatic heterocycles. The van der Waals surface area contributed by atoms with Gasteiger partial charge >= 0.3 is 0 Å². The number of hydrogen-bond acceptors (Lipinski definition) is 3. The Balaban J connectivity index is 2.79. The third-order valence-electron chi connectivity index (χ3n) is 2.80. The second-order valence-corrected chi connectivity index (χ2v) is 5.05. The molecule has 4 nitrogen and oxygen atoms in total. The van der Waals surface area contributed by atoms with Crippen molar-refractivity contribution in [3.8, 4) is 0 Å². The largest absolute Gasteiger partial charge is 0.382 e. The van der Waals surface area contributed by atoms with Gasteiger partial charge in [0.2, 0.25) is 0 Å². The molecule has 0 aromatic carbocycles. The first kappa shape index (κ1) is 15.7. The van der Waals surface area contributed by atoms with Gasteiger partial charge in [-0.15, -0.1) is 0 Å². The van der Waals surface area contributed by atoms with Gasteiger partial charge < -0.3 is 10.1 Å². The summed E-state index contributed by atoms with van der Waals surface area (Å²) in [6.07, 6.45) is 3.94. The van der Waals surface area contributed by atoms with Crippen LogP contribution in [-0.4, -0.2) is 29.5 Å². The maximum Gasteiger partial charge on any atom is 0.0696 e. The zero-order chi connectivity index (χ0) is 13.4. The maximum absolute atomic E-state index is 5.46. The Hall–Kier alpha value is -0.390. The lowest BCUT2D eigenvalue weighted by molar-refractivity contribution is 0.135. The second kappa shape index (κ2) is 8.67. The lowest BCUT2D eigenvalue weighted by Gasteiger charge is -2.20. The fourth-order valence-electron chi connectivity index (χ4n) is 2.04. The van der Waals surface area contributed by atoms with Gasteiger partial charge in [0.25, 0.3) is 0 Å². The summed E-state index contributed by atoms with van der Waals surface area (Å²) in [4.78, 5) is 0. The Labute approximate surface area is 118 Å². The normalized spacial score (nSPS) is 12.9. The Morgan fingerprint density at radius 3 is 2.83 bits per heavy atom. The summed E-state index contributed by atoms with van der Waals surface area (Å²) in [5.41, 5.74) is 1.23. The number of aryl methyl sites for hydroxylation is 1. The quantitative estimate of drug-likeness (QED) is 0.711. The van der Waals surface area contributed by atoms with Crippen LogP contribution in [-0.2, 0) is 11.3 Å². The van der Waals surface area contributed by atoms with Gasteiger partial charge in [0, 0.05) is 19.8 Å². The molecule has 104 valence electrons. The Morgan fingerprint density at radius 1 is 1.44 bits per heavy atom. The van der Waals surface area contributed by atoms with E-state index in [1.54, 1.807) is 0 Å². The van der Waals surface area contributed by atoms with Crippen molar-refractivity contribution < 1.29 is 4.74 Å². The third kappa shape index (κ3) is 4.37. The van der Waals surface area contributed by atoms with Crippen LogP contribution in [0.5, 0.6) is 0 Å². The minimum absolute atomic E-state index is 0.296. The fourth-order valence-corrected chi connectivity index (χ4v) is 2.61. The Morgan fingerprint density at radius 2 is 2.22 bits per heavy atom. The molecule has 0 spiro atoms.